The summed E-state index contributed by atoms with van der Waals surface area (Å²) in [6.45, 7) is 2.39. The maximum Gasteiger partial charge on any atom is 0.432 e. The van der Waals surface area contributed by atoms with E-state index in [4.69, 9.17) is 20.8 Å². The third-order valence-corrected chi connectivity index (χ3v) is 4.59. The highest BCUT2D eigenvalue weighted by molar-refractivity contribution is 6.13. The van der Waals surface area contributed by atoms with Crippen LogP contribution in [0.25, 0.3) is 21.8 Å². The SMILES string of the molecule is CCCCCC(O)(CN)c1cccc2nc3ccccc3cc12.OBO. The van der Waals surface area contributed by atoms with Gasteiger partial charge < -0.3 is 20.9 Å². The number of hydrogen-bond donors (Lipinski definition) is 4. The molecule has 5 nitrogen and oxygen atoms in total. The van der Waals surface area contributed by atoms with Crippen molar-refractivity contribution in [2.45, 2.75) is 38.2 Å². The minimum Gasteiger partial charge on any atom is -0.430 e. The minimum atomic E-state index is -0.987. The Morgan fingerprint density at radius 2 is 1.73 bits per heavy atom. The van der Waals surface area contributed by atoms with Gasteiger partial charge in [-0.3, -0.25) is 0 Å². The number of benzene rings is 2. The lowest BCUT2D eigenvalue weighted by atomic mass is 9.85. The van der Waals surface area contributed by atoms with Gasteiger partial charge in [0.1, 0.15) is 5.60 Å². The standard InChI is InChI=1S/C20H24N2O.BH3O2/c1-2-3-6-12-20(23,14-21)17-9-7-11-19-16(17)13-15-8-4-5-10-18(15)22-19;2-1-3/h4-5,7-11,13,23H,2-3,6,12,14,21H2,1H3;1-3H. The number of para-hydroxylation sites is 1. The fraction of sp³-hybridized carbons (Fsp3) is 0.350. The van der Waals surface area contributed by atoms with E-state index < -0.39 is 13.3 Å². The number of hydrogen-bond acceptors (Lipinski definition) is 5. The van der Waals surface area contributed by atoms with E-state index in [0.29, 0.717) is 6.42 Å². The summed E-state index contributed by atoms with van der Waals surface area (Å²) >= 11 is 0. The normalized spacial score (nSPS) is 13.1. The summed E-state index contributed by atoms with van der Waals surface area (Å²) in [6, 6.07) is 16.1. The number of aromatic nitrogens is 1. The van der Waals surface area contributed by atoms with Crippen molar-refractivity contribution in [2.75, 3.05) is 6.54 Å². The van der Waals surface area contributed by atoms with Crippen molar-refractivity contribution < 1.29 is 15.2 Å². The van der Waals surface area contributed by atoms with Crippen molar-refractivity contribution in [1.82, 2.24) is 4.98 Å². The first-order chi connectivity index (χ1) is 12.6. The Bertz CT molecular complexity index is 844. The third-order valence-electron chi connectivity index (χ3n) is 4.59. The van der Waals surface area contributed by atoms with E-state index in [9.17, 15) is 5.11 Å². The topological polar surface area (TPSA) is 99.6 Å². The lowest BCUT2D eigenvalue weighted by molar-refractivity contribution is 0.0355. The van der Waals surface area contributed by atoms with Gasteiger partial charge in [0.25, 0.3) is 0 Å². The number of nitrogens with two attached hydrogens (primary N) is 1. The van der Waals surface area contributed by atoms with Crippen LogP contribution in [0.15, 0.2) is 48.5 Å². The summed E-state index contributed by atoms with van der Waals surface area (Å²) in [7, 11) is -0.750. The van der Waals surface area contributed by atoms with Crippen molar-refractivity contribution in [3.8, 4) is 0 Å². The predicted molar refractivity (Wildman–Crippen MR) is 108 cm³/mol. The number of rotatable bonds is 6. The fourth-order valence-electron chi connectivity index (χ4n) is 3.22. The van der Waals surface area contributed by atoms with Gasteiger partial charge in [-0.15, -0.1) is 0 Å². The van der Waals surface area contributed by atoms with E-state index >= 15 is 0 Å². The molecule has 0 amide bonds. The van der Waals surface area contributed by atoms with E-state index in [1.807, 2.05) is 36.4 Å². The Morgan fingerprint density at radius 1 is 1.04 bits per heavy atom. The number of pyridine rings is 1. The maximum absolute atomic E-state index is 11.1. The van der Waals surface area contributed by atoms with Gasteiger partial charge in [-0.2, -0.15) is 0 Å². The van der Waals surface area contributed by atoms with Gasteiger partial charge in [-0.1, -0.05) is 56.5 Å². The second kappa shape index (κ2) is 9.64. The van der Waals surface area contributed by atoms with Gasteiger partial charge in [-0.05, 0) is 30.2 Å². The van der Waals surface area contributed by atoms with E-state index in [2.05, 4.69) is 19.1 Å². The Hall–Kier alpha value is -1.99. The number of unbranched alkanes of at least 4 members (excludes halogenated alkanes) is 2. The van der Waals surface area contributed by atoms with Crippen molar-refractivity contribution in [3.63, 3.8) is 0 Å². The predicted octanol–water partition coefficient (Wildman–Crippen LogP) is 2.35. The molecule has 1 unspecified atom stereocenters. The number of aliphatic hydroxyl groups is 1. The molecule has 6 heteroatoms. The Balaban J connectivity index is 0.000000758. The molecule has 0 fully saturated rings. The molecule has 1 atom stereocenters. The van der Waals surface area contributed by atoms with Gasteiger partial charge in [0, 0.05) is 17.3 Å². The molecule has 3 aromatic rings. The molecule has 0 radical (unpaired) electrons. The largest absolute Gasteiger partial charge is 0.432 e. The monoisotopic (exact) mass is 354 g/mol. The molecule has 0 aliphatic rings. The van der Waals surface area contributed by atoms with Crippen LogP contribution in [0.2, 0.25) is 0 Å². The van der Waals surface area contributed by atoms with Crippen molar-refractivity contribution in [1.29, 1.82) is 0 Å². The molecule has 0 saturated heterocycles. The van der Waals surface area contributed by atoms with Crippen LogP contribution in [0.3, 0.4) is 0 Å². The zero-order chi connectivity index (χ0) is 19.0. The second-order valence-corrected chi connectivity index (χ2v) is 6.39. The highest BCUT2D eigenvalue weighted by atomic mass is 16.4. The van der Waals surface area contributed by atoms with Crippen LogP contribution in [0, 0.1) is 0 Å². The Kier molecular flexibility index (Phi) is 7.54. The van der Waals surface area contributed by atoms with Crippen LogP contribution in [0.5, 0.6) is 0 Å². The quantitative estimate of drug-likeness (QED) is 0.309. The zero-order valence-electron chi connectivity index (χ0n) is 15.2. The van der Waals surface area contributed by atoms with Gasteiger partial charge in [0.05, 0.1) is 11.0 Å². The molecule has 0 spiro atoms. The van der Waals surface area contributed by atoms with E-state index in [0.717, 1.165) is 46.6 Å². The molecule has 26 heavy (non-hydrogen) atoms. The fourth-order valence-corrected chi connectivity index (χ4v) is 3.22. The highest BCUT2D eigenvalue weighted by Gasteiger charge is 2.29. The van der Waals surface area contributed by atoms with Crippen LogP contribution in [-0.4, -0.2) is 34.4 Å². The average molecular weight is 354 g/mol. The van der Waals surface area contributed by atoms with Crippen LogP contribution < -0.4 is 5.73 Å². The Morgan fingerprint density at radius 3 is 2.42 bits per heavy atom. The first kappa shape index (κ1) is 20.3. The molecule has 3 rings (SSSR count). The molecular formula is C20H27BN2O3. The highest BCUT2D eigenvalue weighted by Crippen LogP contribution is 2.33. The lowest BCUT2D eigenvalue weighted by Gasteiger charge is -2.28. The van der Waals surface area contributed by atoms with Crippen LogP contribution in [0.4, 0.5) is 0 Å². The summed E-state index contributed by atoms with van der Waals surface area (Å²) in [5, 5.41) is 27.5. The number of fused-ring (bicyclic) bond motifs is 2. The summed E-state index contributed by atoms with van der Waals surface area (Å²) in [4.78, 5) is 4.73. The molecule has 1 heterocycles. The molecule has 0 aliphatic heterocycles. The molecule has 2 aromatic carbocycles. The molecule has 0 saturated carbocycles. The summed E-state index contributed by atoms with van der Waals surface area (Å²) in [5.41, 5.74) is 7.74. The second-order valence-electron chi connectivity index (χ2n) is 6.39. The number of nitrogens with zero attached hydrogens (tertiary/aromatic N) is 1. The smallest absolute Gasteiger partial charge is 0.430 e. The van der Waals surface area contributed by atoms with Crippen molar-refractivity contribution >= 4 is 29.5 Å². The van der Waals surface area contributed by atoms with Crippen LogP contribution in [-0.2, 0) is 5.60 Å². The first-order valence-corrected chi connectivity index (χ1v) is 9.02. The van der Waals surface area contributed by atoms with Gasteiger partial charge in [0.15, 0.2) is 0 Å². The Labute approximate surface area is 154 Å². The maximum atomic E-state index is 11.1. The zero-order valence-corrected chi connectivity index (χ0v) is 15.2. The van der Waals surface area contributed by atoms with Crippen LogP contribution >= 0.6 is 0 Å². The van der Waals surface area contributed by atoms with E-state index in [-0.39, 0.29) is 6.54 Å². The summed E-state index contributed by atoms with van der Waals surface area (Å²) in [5.74, 6) is 0. The third kappa shape index (κ3) is 4.59. The molecule has 1 aromatic heterocycles. The molecular weight excluding hydrogens is 327 g/mol. The van der Waals surface area contributed by atoms with Gasteiger partial charge in [-0.25, -0.2) is 4.98 Å². The van der Waals surface area contributed by atoms with E-state index in [1.165, 1.54) is 0 Å². The first-order valence-electron chi connectivity index (χ1n) is 9.02. The van der Waals surface area contributed by atoms with Crippen molar-refractivity contribution in [2.24, 2.45) is 5.73 Å². The molecule has 138 valence electrons. The molecule has 0 bridgehead atoms. The molecule has 0 aliphatic carbocycles. The minimum absolute atomic E-state index is 0.225. The van der Waals surface area contributed by atoms with Gasteiger partial charge >= 0.3 is 7.69 Å². The average Bonchev–Trinajstić information content (AvgIpc) is 2.66. The summed E-state index contributed by atoms with van der Waals surface area (Å²) in [6.07, 6.45) is 3.89. The van der Waals surface area contributed by atoms with Crippen LogP contribution in [0.1, 0.15) is 38.2 Å². The lowest BCUT2D eigenvalue weighted by Crippen LogP contribution is -2.35. The summed E-state index contributed by atoms with van der Waals surface area (Å²) < 4.78 is 0. The van der Waals surface area contributed by atoms with E-state index in [1.54, 1.807) is 0 Å². The van der Waals surface area contributed by atoms with Crippen molar-refractivity contribution in [3.05, 3.63) is 54.1 Å². The molecule has 5 N–H and O–H groups in total. The van der Waals surface area contributed by atoms with Gasteiger partial charge in [0.2, 0.25) is 0 Å².